The Labute approximate surface area is 115 Å². The average molecular weight is 263 g/mol. The van der Waals surface area contributed by atoms with E-state index in [-0.39, 0.29) is 0 Å². The first-order valence-electron chi connectivity index (χ1n) is 7.33. The van der Waals surface area contributed by atoms with Gasteiger partial charge in [0.1, 0.15) is 0 Å². The Balaban J connectivity index is 1.79. The van der Waals surface area contributed by atoms with E-state index < -0.39 is 0 Å². The van der Waals surface area contributed by atoms with E-state index in [0.29, 0.717) is 18.6 Å². The second-order valence-electron chi connectivity index (χ2n) is 6.01. The van der Waals surface area contributed by atoms with Gasteiger partial charge in [0, 0.05) is 45.0 Å². The average Bonchev–Trinajstić information content (AvgIpc) is 2.89. The van der Waals surface area contributed by atoms with Gasteiger partial charge in [-0.25, -0.2) is 4.98 Å². The molecule has 1 aromatic heterocycles. The van der Waals surface area contributed by atoms with Crippen LogP contribution in [0.15, 0.2) is 12.5 Å². The highest BCUT2D eigenvalue weighted by Crippen LogP contribution is 2.31. The molecular weight excluding hydrogens is 238 g/mol. The van der Waals surface area contributed by atoms with Crippen LogP contribution in [0.5, 0.6) is 0 Å². The van der Waals surface area contributed by atoms with E-state index >= 15 is 0 Å². The molecule has 2 aliphatic heterocycles. The van der Waals surface area contributed by atoms with Crippen LogP contribution in [0, 0.1) is 0 Å². The number of hydrogen-bond acceptors (Lipinski definition) is 4. The van der Waals surface area contributed by atoms with Gasteiger partial charge in [-0.2, -0.15) is 0 Å². The zero-order chi connectivity index (χ0) is 13.4. The molecule has 0 radical (unpaired) electrons. The first-order valence-corrected chi connectivity index (χ1v) is 7.33. The number of imidazole rings is 1. The van der Waals surface area contributed by atoms with Crippen LogP contribution < -0.4 is 5.73 Å². The summed E-state index contributed by atoms with van der Waals surface area (Å²) < 4.78 is 2.10. The van der Waals surface area contributed by atoms with Crippen molar-refractivity contribution >= 4 is 0 Å². The lowest BCUT2D eigenvalue weighted by Crippen LogP contribution is -2.41. The fourth-order valence-electron chi connectivity index (χ4n) is 3.76. The van der Waals surface area contributed by atoms with Gasteiger partial charge in [-0.1, -0.05) is 0 Å². The molecule has 3 atom stereocenters. The van der Waals surface area contributed by atoms with Crippen molar-refractivity contribution in [2.75, 3.05) is 26.7 Å². The number of nitrogens with zero attached hydrogens (tertiary/aromatic N) is 4. The quantitative estimate of drug-likeness (QED) is 0.867. The van der Waals surface area contributed by atoms with E-state index in [2.05, 4.69) is 33.4 Å². The van der Waals surface area contributed by atoms with Crippen molar-refractivity contribution in [3.8, 4) is 0 Å². The van der Waals surface area contributed by atoms with Crippen molar-refractivity contribution < 1.29 is 0 Å². The summed E-state index contributed by atoms with van der Waals surface area (Å²) in [5, 5.41) is 0. The van der Waals surface area contributed by atoms with Gasteiger partial charge < -0.3 is 10.3 Å². The van der Waals surface area contributed by atoms with Gasteiger partial charge in [0.25, 0.3) is 0 Å². The summed E-state index contributed by atoms with van der Waals surface area (Å²) in [5.74, 6) is 0. The van der Waals surface area contributed by atoms with Gasteiger partial charge in [0.05, 0.1) is 18.1 Å². The molecular formula is C14H25N5. The lowest BCUT2D eigenvalue weighted by atomic mass is 10.1. The van der Waals surface area contributed by atoms with Crippen LogP contribution in [-0.4, -0.2) is 58.1 Å². The van der Waals surface area contributed by atoms with E-state index in [0.717, 1.165) is 19.1 Å². The third kappa shape index (κ3) is 2.30. The molecule has 2 saturated heterocycles. The number of fused-ring (bicyclic) bond motifs is 2. The van der Waals surface area contributed by atoms with Gasteiger partial charge in [-0.3, -0.25) is 9.80 Å². The fourth-order valence-corrected chi connectivity index (χ4v) is 3.76. The first kappa shape index (κ1) is 13.1. The number of aromatic nitrogens is 2. The molecule has 19 heavy (non-hydrogen) atoms. The monoisotopic (exact) mass is 263 g/mol. The molecule has 0 saturated carbocycles. The van der Waals surface area contributed by atoms with Gasteiger partial charge in [-0.15, -0.1) is 0 Å². The van der Waals surface area contributed by atoms with Gasteiger partial charge >= 0.3 is 0 Å². The van der Waals surface area contributed by atoms with Gasteiger partial charge in [0.15, 0.2) is 0 Å². The van der Waals surface area contributed by atoms with E-state index in [1.807, 2.05) is 12.5 Å². The molecule has 0 spiro atoms. The molecule has 0 aromatic carbocycles. The van der Waals surface area contributed by atoms with Gasteiger partial charge in [-0.05, 0) is 26.3 Å². The first-order chi connectivity index (χ1) is 9.20. The lowest BCUT2D eigenvalue weighted by Gasteiger charge is -2.32. The molecule has 2 N–H and O–H groups in total. The van der Waals surface area contributed by atoms with Crippen molar-refractivity contribution in [2.45, 2.75) is 37.4 Å². The van der Waals surface area contributed by atoms with Crippen LogP contribution >= 0.6 is 0 Å². The second kappa shape index (κ2) is 5.23. The third-order valence-corrected chi connectivity index (χ3v) is 5.04. The van der Waals surface area contributed by atoms with Crippen molar-refractivity contribution in [1.29, 1.82) is 0 Å². The normalized spacial score (nSPS) is 30.5. The number of nitrogens with two attached hydrogens (primary N) is 1. The number of aryl methyl sites for hydroxylation is 1. The molecule has 2 bridgehead atoms. The molecule has 106 valence electrons. The summed E-state index contributed by atoms with van der Waals surface area (Å²) in [6, 6.07) is 1.79. The lowest BCUT2D eigenvalue weighted by molar-refractivity contribution is 0.170. The maximum Gasteiger partial charge on any atom is 0.0946 e. The van der Waals surface area contributed by atoms with E-state index in [1.165, 1.54) is 25.0 Å². The topological polar surface area (TPSA) is 50.3 Å². The molecule has 0 aliphatic carbocycles. The van der Waals surface area contributed by atoms with Gasteiger partial charge in [0.2, 0.25) is 0 Å². The number of rotatable bonds is 3. The SMILES string of the molecule is CN1C2CCC1CN(C(CN)c1cncn1C)CC2. The number of likely N-dealkylation sites (N-methyl/N-ethyl adjacent to an activating group) is 1. The van der Waals surface area contributed by atoms with Crippen molar-refractivity contribution in [3.05, 3.63) is 18.2 Å². The molecule has 3 heterocycles. The Morgan fingerprint density at radius 2 is 2.11 bits per heavy atom. The zero-order valence-corrected chi connectivity index (χ0v) is 12.0. The molecule has 2 aliphatic rings. The van der Waals surface area contributed by atoms with Crippen LogP contribution in [-0.2, 0) is 7.05 Å². The summed E-state index contributed by atoms with van der Waals surface area (Å²) in [6.45, 7) is 2.96. The van der Waals surface area contributed by atoms with Crippen LogP contribution in [0.1, 0.15) is 31.0 Å². The Kier molecular flexibility index (Phi) is 3.60. The number of likely N-dealkylation sites (tertiary alicyclic amines) is 1. The van der Waals surface area contributed by atoms with Crippen LogP contribution in [0.25, 0.3) is 0 Å². The maximum absolute atomic E-state index is 6.05. The van der Waals surface area contributed by atoms with E-state index in [4.69, 9.17) is 5.73 Å². The molecule has 3 unspecified atom stereocenters. The standard InChI is InChI=1S/C14H25N5/c1-17-10-16-8-14(17)13(7-15)19-6-5-11-3-4-12(9-19)18(11)2/h8,10-13H,3-7,9,15H2,1-2H3. The van der Waals surface area contributed by atoms with Crippen LogP contribution in [0.2, 0.25) is 0 Å². The highest BCUT2D eigenvalue weighted by atomic mass is 15.3. The maximum atomic E-state index is 6.05. The minimum atomic E-state index is 0.306. The highest BCUT2D eigenvalue weighted by Gasteiger charge is 2.36. The smallest absolute Gasteiger partial charge is 0.0946 e. The summed E-state index contributed by atoms with van der Waals surface area (Å²) in [4.78, 5) is 9.39. The predicted octanol–water partition coefficient (Wildman–Crippen LogP) is 0.588. The second-order valence-corrected chi connectivity index (χ2v) is 6.01. The zero-order valence-electron chi connectivity index (χ0n) is 12.0. The Morgan fingerprint density at radius 3 is 2.79 bits per heavy atom. The number of hydrogen-bond donors (Lipinski definition) is 1. The predicted molar refractivity (Wildman–Crippen MR) is 75.8 cm³/mol. The minimum absolute atomic E-state index is 0.306. The third-order valence-electron chi connectivity index (χ3n) is 5.04. The molecule has 2 fully saturated rings. The summed E-state index contributed by atoms with van der Waals surface area (Å²) in [7, 11) is 4.34. The van der Waals surface area contributed by atoms with E-state index in [1.54, 1.807) is 0 Å². The fraction of sp³-hybridized carbons (Fsp3) is 0.786. The van der Waals surface area contributed by atoms with Crippen LogP contribution in [0.3, 0.4) is 0 Å². The Morgan fingerprint density at radius 1 is 1.32 bits per heavy atom. The van der Waals surface area contributed by atoms with Crippen LogP contribution in [0.4, 0.5) is 0 Å². The van der Waals surface area contributed by atoms with Crippen molar-refractivity contribution in [1.82, 2.24) is 19.4 Å². The Bertz CT molecular complexity index is 429. The molecule has 0 amide bonds. The Hall–Kier alpha value is -0.910. The molecule has 1 aromatic rings. The summed E-state index contributed by atoms with van der Waals surface area (Å²) in [6.07, 6.45) is 7.80. The van der Waals surface area contributed by atoms with E-state index in [9.17, 15) is 0 Å². The highest BCUT2D eigenvalue weighted by molar-refractivity contribution is 5.07. The molecule has 5 heteroatoms. The van der Waals surface area contributed by atoms with Crippen molar-refractivity contribution in [2.24, 2.45) is 12.8 Å². The molecule has 3 rings (SSSR count). The molecule has 5 nitrogen and oxygen atoms in total. The van der Waals surface area contributed by atoms with Crippen molar-refractivity contribution in [3.63, 3.8) is 0 Å². The minimum Gasteiger partial charge on any atom is -0.336 e. The summed E-state index contributed by atoms with van der Waals surface area (Å²) in [5.41, 5.74) is 7.29. The largest absolute Gasteiger partial charge is 0.336 e. The summed E-state index contributed by atoms with van der Waals surface area (Å²) >= 11 is 0.